The van der Waals surface area contributed by atoms with Gasteiger partial charge in [0.1, 0.15) is 0 Å². The molecule has 0 aliphatic carbocycles. The number of rotatable bonds is 8. The molecule has 0 aliphatic rings. The van der Waals surface area contributed by atoms with Gasteiger partial charge >= 0.3 is 0 Å². The van der Waals surface area contributed by atoms with Crippen LogP contribution in [-0.2, 0) is 14.3 Å². The second-order valence-corrected chi connectivity index (χ2v) is 6.02. The molecule has 0 bridgehead atoms. The number of unbranched alkanes of at least 4 members (excludes halogenated alkanes) is 1. The largest absolute Gasteiger partial charge is 0.313 e. The molecule has 0 saturated carbocycles. The minimum absolute atomic E-state index is 0.219. The van der Waals surface area contributed by atoms with Crippen molar-refractivity contribution in [2.75, 3.05) is 19.4 Å². The molecule has 6 heteroatoms. The van der Waals surface area contributed by atoms with E-state index in [-0.39, 0.29) is 11.5 Å². The standard InChI is InChI=1S/C12H20NO3PS/c1-11-4-6-12(7-5-11)18(14,15)16-9-3-2-8-13-10-17/h4-7,13H,2-3,8-10,17H2,1H3. The molecule has 0 fully saturated rings. The highest BCUT2D eigenvalue weighted by Gasteiger charge is 2.13. The van der Waals surface area contributed by atoms with Crippen LogP contribution in [0.2, 0.25) is 0 Å². The molecule has 1 aromatic carbocycles. The summed E-state index contributed by atoms with van der Waals surface area (Å²) in [6, 6.07) is 6.67. The van der Waals surface area contributed by atoms with Crippen LogP contribution in [0.1, 0.15) is 18.4 Å². The van der Waals surface area contributed by atoms with Gasteiger partial charge in [0, 0.05) is 6.29 Å². The Morgan fingerprint density at radius 2 is 1.89 bits per heavy atom. The van der Waals surface area contributed by atoms with Gasteiger partial charge in [-0.1, -0.05) is 17.7 Å². The third kappa shape index (κ3) is 5.44. The number of benzene rings is 1. The summed E-state index contributed by atoms with van der Waals surface area (Å²) in [4.78, 5) is 0.219. The van der Waals surface area contributed by atoms with Gasteiger partial charge in [0.05, 0.1) is 11.5 Å². The molecule has 0 aromatic heterocycles. The third-order valence-electron chi connectivity index (χ3n) is 2.44. The van der Waals surface area contributed by atoms with Gasteiger partial charge in [-0.25, -0.2) is 0 Å². The first kappa shape index (κ1) is 15.6. The Balaban J connectivity index is 2.38. The van der Waals surface area contributed by atoms with Crippen molar-refractivity contribution >= 4 is 19.4 Å². The number of hydrogen-bond acceptors (Lipinski definition) is 4. The van der Waals surface area contributed by atoms with Crippen molar-refractivity contribution in [2.45, 2.75) is 24.7 Å². The van der Waals surface area contributed by atoms with Crippen LogP contribution in [0.3, 0.4) is 0 Å². The van der Waals surface area contributed by atoms with Gasteiger partial charge < -0.3 is 5.32 Å². The van der Waals surface area contributed by atoms with Gasteiger partial charge in [-0.3, -0.25) is 4.18 Å². The van der Waals surface area contributed by atoms with Crippen molar-refractivity contribution in [2.24, 2.45) is 0 Å². The predicted octanol–water partition coefficient (Wildman–Crippen LogP) is 1.90. The lowest BCUT2D eigenvalue weighted by atomic mass is 10.2. The summed E-state index contributed by atoms with van der Waals surface area (Å²) in [5, 5.41) is 3.14. The van der Waals surface area contributed by atoms with Crippen LogP contribution in [0.5, 0.6) is 0 Å². The fourth-order valence-electron chi connectivity index (χ4n) is 1.40. The molecule has 18 heavy (non-hydrogen) atoms. The van der Waals surface area contributed by atoms with Gasteiger partial charge in [-0.2, -0.15) is 8.42 Å². The Kier molecular flexibility index (Phi) is 6.79. The molecule has 0 aliphatic heterocycles. The van der Waals surface area contributed by atoms with Crippen molar-refractivity contribution in [1.29, 1.82) is 0 Å². The van der Waals surface area contributed by atoms with E-state index in [0.29, 0.717) is 0 Å². The molecule has 1 unspecified atom stereocenters. The SMILES string of the molecule is Cc1ccc(S(=O)(=O)OCCCCNCP)cc1. The summed E-state index contributed by atoms with van der Waals surface area (Å²) in [6.45, 7) is 3.02. The number of aryl methyl sites for hydroxylation is 1. The van der Waals surface area contributed by atoms with Crippen LogP contribution >= 0.6 is 9.24 Å². The van der Waals surface area contributed by atoms with Crippen LogP contribution in [0.4, 0.5) is 0 Å². The van der Waals surface area contributed by atoms with Crippen LogP contribution < -0.4 is 5.32 Å². The highest BCUT2D eigenvalue weighted by molar-refractivity contribution is 7.86. The molecule has 4 nitrogen and oxygen atoms in total. The maximum Gasteiger partial charge on any atom is 0.296 e. The lowest BCUT2D eigenvalue weighted by Crippen LogP contribution is -2.13. The van der Waals surface area contributed by atoms with Gasteiger partial charge in [0.15, 0.2) is 0 Å². The zero-order valence-corrected chi connectivity index (χ0v) is 12.5. The molecule has 0 spiro atoms. The Bertz CT molecular complexity index is 445. The maximum atomic E-state index is 11.8. The van der Waals surface area contributed by atoms with E-state index in [4.69, 9.17) is 4.18 Å². The number of hydrogen-bond donors (Lipinski definition) is 1. The molecule has 0 saturated heterocycles. The van der Waals surface area contributed by atoms with Gasteiger partial charge in [-0.05, 0) is 38.4 Å². The highest BCUT2D eigenvalue weighted by atomic mass is 32.2. The van der Waals surface area contributed by atoms with Crippen molar-refractivity contribution < 1.29 is 12.6 Å². The first-order valence-electron chi connectivity index (χ1n) is 5.93. The molecule has 1 rings (SSSR count). The van der Waals surface area contributed by atoms with Crippen molar-refractivity contribution in [1.82, 2.24) is 5.32 Å². The van der Waals surface area contributed by atoms with E-state index in [1.54, 1.807) is 24.3 Å². The highest BCUT2D eigenvalue weighted by Crippen LogP contribution is 2.13. The minimum atomic E-state index is -3.59. The van der Waals surface area contributed by atoms with Crippen molar-refractivity contribution in [3.8, 4) is 0 Å². The predicted molar refractivity (Wildman–Crippen MR) is 76.1 cm³/mol. The summed E-state index contributed by atoms with van der Waals surface area (Å²) < 4.78 is 28.6. The summed E-state index contributed by atoms with van der Waals surface area (Å²) in [6.07, 6.45) is 2.48. The van der Waals surface area contributed by atoms with E-state index in [1.165, 1.54) is 0 Å². The monoisotopic (exact) mass is 289 g/mol. The minimum Gasteiger partial charge on any atom is -0.313 e. The average Bonchev–Trinajstić information content (AvgIpc) is 2.34. The van der Waals surface area contributed by atoms with Crippen LogP contribution in [0.25, 0.3) is 0 Å². The first-order chi connectivity index (χ1) is 8.56. The zero-order valence-electron chi connectivity index (χ0n) is 10.6. The molecule has 0 radical (unpaired) electrons. The first-order valence-corrected chi connectivity index (χ1v) is 8.15. The second-order valence-electron chi connectivity index (χ2n) is 4.00. The van der Waals surface area contributed by atoms with Gasteiger partial charge in [0.25, 0.3) is 10.1 Å². The molecule has 0 amide bonds. The average molecular weight is 289 g/mol. The molecular weight excluding hydrogens is 269 g/mol. The summed E-state index contributed by atoms with van der Waals surface area (Å²) >= 11 is 0. The molecule has 102 valence electrons. The van der Waals surface area contributed by atoms with Crippen molar-refractivity contribution in [3.05, 3.63) is 29.8 Å². The summed E-state index contributed by atoms with van der Waals surface area (Å²) in [5.74, 6) is 0. The fourth-order valence-corrected chi connectivity index (χ4v) is 2.54. The maximum absolute atomic E-state index is 11.8. The van der Waals surface area contributed by atoms with E-state index >= 15 is 0 Å². The summed E-state index contributed by atoms with van der Waals surface area (Å²) in [7, 11) is -1.02. The quantitative estimate of drug-likeness (QED) is 0.451. The van der Waals surface area contributed by atoms with Crippen LogP contribution in [-0.4, -0.2) is 27.9 Å². The second kappa shape index (κ2) is 7.85. The summed E-state index contributed by atoms with van der Waals surface area (Å²) in [5.41, 5.74) is 1.03. The molecule has 1 aromatic rings. The Hall–Kier alpha value is -0.480. The normalized spacial score (nSPS) is 11.7. The Labute approximate surface area is 111 Å². The topological polar surface area (TPSA) is 55.4 Å². The number of nitrogens with one attached hydrogen (secondary N) is 1. The van der Waals surface area contributed by atoms with Gasteiger partial charge in [0.2, 0.25) is 0 Å². The van der Waals surface area contributed by atoms with Crippen LogP contribution in [0.15, 0.2) is 29.2 Å². The molecule has 0 heterocycles. The van der Waals surface area contributed by atoms with Gasteiger partial charge in [-0.15, -0.1) is 9.24 Å². The molecule has 1 N–H and O–H groups in total. The lowest BCUT2D eigenvalue weighted by molar-refractivity contribution is 0.308. The smallest absolute Gasteiger partial charge is 0.296 e. The van der Waals surface area contributed by atoms with Crippen molar-refractivity contribution in [3.63, 3.8) is 0 Å². The van der Waals surface area contributed by atoms with Crippen LogP contribution in [0, 0.1) is 6.92 Å². The van der Waals surface area contributed by atoms with E-state index in [2.05, 4.69) is 14.6 Å². The third-order valence-corrected chi connectivity index (χ3v) is 4.06. The molecular formula is C12H20NO3PS. The Morgan fingerprint density at radius 3 is 2.50 bits per heavy atom. The Morgan fingerprint density at radius 1 is 1.22 bits per heavy atom. The van der Waals surface area contributed by atoms with E-state index in [9.17, 15) is 8.42 Å². The fraction of sp³-hybridized carbons (Fsp3) is 0.500. The zero-order chi connectivity index (χ0) is 13.4. The van der Waals surface area contributed by atoms with E-state index in [1.807, 2.05) is 6.92 Å². The van der Waals surface area contributed by atoms with E-state index < -0.39 is 10.1 Å². The van der Waals surface area contributed by atoms with E-state index in [0.717, 1.165) is 31.2 Å². The molecule has 1 atom stereocenters. The lowest BCUT2D eigenvalue weighted by Gasteiger charge is -2.06.